The zero-order chi connectivity index (χ0) is 30.3. The lowest BCUT2D eigenvalue weighted by Crippen LogP contribution is -2.52. The molecule has 0 aliphatic carbocycles. The first-order valence-corrected chi connectivity index (χ1v) is 15.5. The van der Waals surface area contributed by atoms with Crippen LogP contribution in [0.3, 0.4) is 0 Å². The second kappa shape index (κ2) is 11.1. The topological polar surface area (TPSA) is 111 Å². The van der Waals surface area contributed by atoms with Crippen LogP contribution in [0.15, 0.2) is 67.4 Å². The molecule has 0 radical (unpaired) electrons. The molecule has 1 spiro atoms. The van der Waals surface area contributed by atoms with Crippen molar-refractivity contribution in [2.24, 2.45) is 0 Å². The Kier molecular flexibility index (Phi) is 7.10. The van der Waals surface area contributed by atoms with Crippen LogP contribution < -0.4 is 20.4 Å². The summed E-state index contributed by atoms with van der Waals surface area (Å²) in [6, 6.07) is 12.7. The van der Waals surface area contributed by atoms with Gasteiger partial charge in [-0.1, -0.05) is 37.3 Å². The van der Waals surface area contributed by atoms with Crippen molar-refractivity contribution in [2.75, 3.05) is 55.6 Å². The number of amides is 3. The lowest BCUT2D eigenvalue weighted by atomic mass is 9.82. The van der Waals surface area contributed by atoms with E-state index in [2.05, 4.69) is 78.7 Å². The van der Waals surface area contributed by atoms with E-state index in [9.17, 15) is 9.59 Å². The number of pyridine rings is 1. The molecule has 3 fully saturated rings. The van der Waals surface area contributed by atoms with E-state index < -0.39 is 0 Å². The first kappa shape index (κ1) is 28.1. The molecule has 3 aromatic heterocycles. The maximum absolute atomic E-state index is 13.1. The molecule has 44 heavy (non-hydrogen) atoms. The molecule has 1 aromatic carbocycles. The number of nitrogens with one attached hydrogen (secondary N) is 2. The van der Waals surface area contributed by atoms with E-state index in [0.717, 1.165) is 68.2 Å². The van der Waals surface area contributed by atoms with Gasteiger partial charge in [-0.25, -0.2) is 19.7 Å². The van der Waals surface area contributed by atoms with Crippen molar-refractivity contribution in [3.05, 3.63) is 84.2 Å². The number of aromatic nitrogens is 4. The summed E-state index contributed by atoms with van der Waals surface area (Å²) >= 11 is 0. The SMILES string of the molecule is Cc1cc(N2CC[C@@](C)(c3ccccc3)C2)cnc1C(=O)NCCN1CC2(CCN(c3nccn4ccnc34)CC2)NC1=O. The molecule has 0 bridgehead atoms. The monoisotopic (exact) mass is 593 g/mol. The van der Waals surface area contributed by atoms with Crippen molar-refractivity contribution < 1.29 is 9.59 Å². The third-order valence-corrected chi connectivity index (χ3v) is 9.72. The van der Waals surface area contributed by atoms with Gasteiger partial charge < -0.3 is 29.7 Å². The highest BCUT2D eigenvalue weighted by atomic mass is 16.2. The van der Waals surface area contributed by atoms with Crippen molar-refractivity contribution in [3.63, 3.8) is 0 Å². The predicted molar refractivity (Wildman–Crippen MR) is 169 cm³/mol. The van der Waals surface area contributed by atoms with Gasteiger partial charge in [0.25, 0.3) is 5.91 Å². The predicted octanol–water partition coefficient (Wildman–Crippen LogP) is 3.39. The van der Waals surface area contributed by atoms with Gasteiger partial charge >= 0.3 is 6.03 Å². The molecule has 2 N–H and O–H groups in total. The second-order valence-corrected chi connectivity index (χ2v) is 12.7. The van der Waals surface area contributed by atoms with Gasteiger partial charge in [-0.05, 0) is 43.4 Å². The standard InChI is InChI=1S/C33H39N9O2/c1-24-20-26(41-14-8-32(2,22-41)25-6-4-3-5-7-25)21-37-27(24)30(43)36-13-19-42-23-33(38-31(42)44)9-15-39(16-10-33)28-29-35-12-18-40(29)17-11-34-28/h3-7,11-12,17-18,20-21H,8-10,13-16,19,22-23H2,1-2H3,(H,36,43)(H,38,44)/t32-/m1/s1. The first-order valence-electron chi connectivity index (χ1n) is 15.5. The normalized spacial score (nSPS) is 21.3. The summed E-state index contributed by atoms with van der Waals surface area (Å²) in [4.78, 5) is 45.9. The number of urea groups is 1. The molecular weight excluding hydrogens is 554 g/mol. The highest BCUT2D eigenvalue weighted by Crippen LogP contribution is 2.36. The van der Waals surface area contributed by atoms with Gasteiger partial charge in [0.2, 0.25) is 0 Å². The van der Waals surface area contributed by atoms with Gasteiger partial charge in [-0.3, -0.25) is 4.79 Å². The second-order valence-electron chi connectivity index (χ2n) is 12.7. The maximum atomic E-state index is 13.1. The fraction of sp³-hybridized carbons (Fsp3) is 0.424. The van der Waals surface area contributed by atoms with E-state index in [1.807, 2.05) is 34.8 Å². The summed E-state index contributed by atoms with van der Waals surface area (Å²) in [5, 5.41) is 6.22. The van der Waals surface area contributed by atoms with Crippen LogP contribution in [0.2, 0.25) is 0 Å². The van der Waals surface area contributed by atoms with Crippen LogP contribution >= 0.6 is 0 Å². The number of rotatable bonds is 7. The Morgan fingerprint density at radius 1 is 0.977 bits per heavy atom. The van der Waals surface area contributed by atoms with Gasteiger partial charge in [0, 0.05) is 76.0 Å². The van der Waals surface area contributed by atoms with Crippen molar-refractivity contribution in [1.82, 2.24) is 34.9 Å². The minimum atomic E-state index is -0.266. The molecule has 228 valence electrons. The fourth-order valence-corrected chi connectivity index (χ4v) is 7.07. The van der Waals surface area contributed by atoms with Gasteiger partial charge in [0.1, 0.15) is 5.69 Å². The van der Waals surface area contributed by atoms with E-state index in [1.165, 1.54) is 5.56 Å². The van der Waals surface area contributed by atoms with Gasteiger partial charge in [-0.2, -0.15) is 0 Å². The van der Waals surface area contributed by atoms with Crippen LogP contribution in [-0.4, -0.2) is 87.5 Å². The summed E-state index contributed by atoms with van der Waals surface area (Å²) in [6.45, 7) is 9.13. The summed E-state index contributed by atoms with van der Waals surface area (Å²) in [5.41, 5.74) is 4.34. The quantitative estimate of drug-likeness (QED) is 0.338. The largest absolute Gasteiger partial charge is 0.369 e. The Balaban J connectivity index is 0.910. The first-order chi connectivity index (χ1) is 21.3. The number of imidazole rings is 1. The third-order valence-electron chi connectivity index (χ3n) is 9.72. The molecule has 4 aromatic rings. The number of hydrogen-bond acceptors (Lipinski definition) is 7. The number of carbonyl (C=O) groups excluding carboxylic acids is 2. The van der Waals surface area contributed by atoms with E-state index in [1.54, 1.807) is 12.4 Å². The Labute approximate surface area is 257 Å². The molecule has 0 saturated carbocycles. The number of benzene rings is 1. The Bertz CT molecular complexity index is 1680. The molecule has 0 unspecified atom stereocenters. The summed E-state index contributed by atoms with van der Waals surface area (Å²) in [6.07, 6.45) is 11.9. The molecule has 3 amide bonds. The number of fused-ring (bicyclic) bond motifs is 1. The van der Waals surface area contributed by atoms with Crippen LogP contribution in [0.4, 0.5) is 16.3 Å². The maximum Gasteiger partial charge on any atom is 0.318 e. The molecule has 6 heterocycles. The highest BCUT2D eigenvalue weighted by Gasteiger charge is 2.44. The minimum absolute atomic E-state index is 0.0760. The molecule has 3 aliphatic rings. The van der Waals surface area contributed by atoms with Crippen LogP contribution in [0, 0.1) is 6.92 Å². The summed E-state index contributed by atoms with van der Waals surface area (Å²) < 4.78 is 1.97. The molecule has 11 nitrogen and oxygen atoms in total. The lowest BCUT2D eigenvalue weighted by Gasteiger charge is -2.39. The summed E-state index contributed by atoms with van der Waals surface area (Å²) in [5.74, 6) is 0.659. The van der Waals surface area contributed by atoms with Gasteiger partial charge in [0.15, 0.2) is 11.5 Å². The van der Waals surface area contributed by atoms with E-state index in [-0.39, 0.29) is 22.9 Å². The van der Waals surface area contributed by atoms with E-state index in [4.69, 9.17) is 0 Å². The molecule has 7 rings (SSSR count). The molecule has 3 saturated heterocycles. The number of piperidine rings is 1. The fourth-order valence-electron chi connectivity index (χ4n) is 7.07. The zero-order valence-corrected chi connectivity index (χ0v) is 25.4. The molecular formula is C33H39N9O2. The highest BCUT2D eigenvalue weighted by molar-refractivity contribution is 5.94. The number of aryl methyl sites for hydroxylation is 1. The Hall–Kier alpha value is -4.67. The molecule has 3 aliphatic heterocycles. The number of anilines is 2. The van der Waals surface area contributed by atoms with Crippen LogP contribution in [0.1, 0.15) is 47.8 Å². The average molecular weight is 594 g/mol. The van der Waals surface area contributed by atoms with E-state index in [0.29, 0.717) is 25.3 Å². The minimum Gasteiger partial charge on any atom is -0.369 e. The van der Waals surface area contributed by atoms with Crippen molar-refractivity contribution in [2.45, 2.75) is 44.1 Å². The number of carbonyl (C=O) groups is 2. The number of hydrogen-bond donors (Lipinski definition) is 2. The van der Waals surface area contributed by atoms with Crippen molar-refractivity contribution in [1.29, 1.82) is 0 Å². The van der Waals surface area contributed by atoms with E-state index >= 15 is 0 Å². The smallest absolute Gasteiger partial charge is 0.318 e. The third kappa shape index (κ3) is 5.20. The van der Waals surface area contributed by atoms with Crippen molar-refractivity contribution >= 4 is 29.1 Å². The Morgan fingerprint density at radius 2 is 1.73 bits per heavy atom. The zero-order valence-electron chi connectivity index (χ0n) is 25.4. The van der Waals surface area contributed by atoms with Crippen LogP contribution in [-0.2, 0) is 5.41 Å². The lowest BCUT2D eigenvalue weighted by molar-refractivity contribution is 0.0944. The number of nitrogens with zero attached hydrogens (tertiary/aromatic N) is 7. The molecule has 1 atom stereocenters. The average Bonchev–Trinajstić information content (AvgIpc) is 3.76. The Morgan fingerprint density at radius 3 is 2.50 bits per heavy atom. The van der Waals surface area contributed by atoms with Crippen LogP contribution in [0.25, 0.3) is 5.65 Å². The summed E-state index contributed by atoms with van der Waals surface area (Å²) in [7, 11) is 0. The van der Waals surface area contributed by atoms with Gasteiger partial charge in [0.05, 0.1) is 17.4 Å². The van der Waals surface area contributed by atoms with Crippen LogP contribution in [0.5, 0.6) is 0 Å². The van der Waals surface area contributed by atoms with Crippen molar-refractivity contribution in [3.8, 4) is 0 Å². The molecule has 11 heteroatoms. The van der Waals surface area contributed by atoms with Gasteiger partial charge in [-0.15, -0.1) is 0 Å².